The molecule has 1 aliphatic heterocycles. The van der Waals surface area contributed by atoms with Crippen molar-refractivity contribution in [1.29, 1.82) is 5.26 Å². The van der Waals surface area contributed by atoms with Gasteiger partial charge in [-0.1, -0.05) is 36.4 Å². The molecule has 1 fully saturated rings. The van der Waals surface area contributed by atoms with Crippen LogP contribution >= 0.6 is 0 Å². The van der Waals surface area contributed by atoms with Gasteiger partial charge in [-0.3, -0.25) is 4.79 Å². The quantitative estimate of drug-likeness (QED) is 0.485. The van der Waals surface area contributed by atoms with Crippen LogP contribution in [0.25, 0.3) is 0 Å². The molecule has 3 aromatic rings. The lowest BCUT2D eigenvalue weighted by atomic mass is 9.88. The Labute approximate surface area is 211 Å². The molecule has 1 aliphatic rings. The fourth-order valence-electron chi connectivity index (χ4n) is 4.19. The van der Waals surface area contributed by atoms with E-state index in [1.165, 1.54) is 0 Å². The molecular formula is C29H29N3O4. The van der Waals surface area contributed by atoms with E-state index in [2.05, 4.69) is 11.4 Å². The molecule has 0 spiro atoms. The molecule has 0 unspecified atom stereocenters. The maximum atomic E-state index is 13.4. The highest BCUT2D eigenvalue weighted by molar-refractivity contribution is 5.94. The van der Waals surface area contributed by atoms with Crippen LogP contribution in [0.1, 0.15) is 37.8 Å². The Morgan fingerprint density at radius 3 is 2.33 bits per heavy atom. The number of carbonyl (C=O) groups is 2. The first kappa shape index (κ1) is 24.8. The van der Waals surface area contributed by atoms with Gasteiger partial charge in [-0.25, -0.2) is 4.79 Å². The summed E-state index contributed by atoms with van der Waals surface area (Å²) in [5, 5.41) is 12.0. The fraction of sp³-hybridized carbons (Fsp3) is 0.276. The zero-order valence-electron chi connectivity index (χ0n) is 20.6. The molecule has 1 heterocycles. The number of ether oxygens (including phenoxy) is 2. The lowest BCUT2D eigenvalue weighted by molar-refractivity contribution is -0.119. The Bertz CT molecular complexity index is 1260. The molecule has 3 aromatic carbocycles. The molecule has 0 bridgehead atoms. The second-order valence-corrected chi connectivity index (χ2v) is 9.76. The largest absolute Gasteiger partial charge is 0.457 e. The standard InChI is InChI=1S/C29H29N3O4/c1-29(2,3)36-28(34)32-18-25(21-8-5-4-6-9-21)26(19-32)27(33)31-22-10-7-11-24(16-22)35-23-14-12-20(17-30)13-15-23/h4-16,25-26H,18-19H2,1-3H3,(H,31,33)/t25-,26+/m1/s1. The van der Waals surface area contributed by atoms with Crippen LogP contribution in [0.2, 0.25) is 0 Å². The molecule has 184 valence electrons. The number of benzene rings is 3. The Morgan fingerprint density at radius 2 is 1.67 bits per heavy atom. The van der Waals surface area contributed by atoms with E-state index < -0.39 is 17.6 Å². The van der Waals surface area contributed by atoms with Crippen molar-refractivity contribution >= 4 is 17.7 Å². The van der Waals surface area contributed by atoms with Crippen LogP contribution < -0.4 is 10.1 Å². The first-order valence-electron chi connectivity index (χ1n) is 11.8. The Hall–Kier alpha value is -4.31. The molecule has 0 radical (unpaired) electrons. The van der Waals surface area contributed by atoms with Gasteiger partial charge in [-0.15, -0.1) is 0 Å². The Morgan fingerprint density at radius 1 is 0.944 bits per heavy atom. The van der Waals surface area contributed by atoms with E-state index in [0.717, 1.165) is 5.56 Å². The molecule has 0 aromatic heterocycles. The Balaban J connectivity index is 1.49. The van der Waals surface area contributed by atoms with Crippen LogP contribution in [-0.2, 0) is 9.53 Å². The summed E-state index contributed by atoms with van der Waals surface area (Å²) in [7, 11) is 0. The van der Waals surface area contributed by atoms with Crippen molar-refractivity contribution < 1.29 is 19.1 Å². The first-order valence-corrected chi connectivity index (χ1v) is 11.8. The van der Waals surface area contributed by atoms with Crippen molar-refractivity contribution in [3.05, 3.63) is 90.0 Å². The zero-order valence-corrected chi connectivity index (χ0v) is 20.6. The number of rotatable bonds is 5. The molecule has 0 saturated carbocycles. The predicted octanol–water partition coefficient (Wildman–Crippen LogP) is 5.94. The van der Waals surface area contributed by atoms with Crippen molar-refractivity contribution in [2.24, 2.45) is 5.92 Å². The number of nitrogens with zero attached hydrogens (tertiary/aromatic N) is 2. The number of likely N-dealkylation sites (tertiary alicyclic amines) is 1. The van der Waals surface area contributed by atoms with E-state index in [1.807, 2.05) is 51.1 Å². The van der Waals surface area contributed by atoms with Gasteiger partial charge in [-0.05, 0) is 62.7 Å². The van der Waals surface area contributed by atoms with Crippen molar-refractivity contribution in [3.8, 4) is 17.6 Å². The number of nitriles is 1. The van der Waals surface area contributed by atoms with Gasteiger partial charge in [0.2, 0.25) is 5.91 Å². The highest BCUT2D eigenvalue weighted by Crippen LogP contribution is 2.35. The van der Waals surface area contributed by atoms with Crippen LogP contribution in [-0.4, -0.2) is 35.6 Å². The smallest absolute Gasteiger partial charge is 0.410 e. The summed E-state index contributed by atoms with van der Waals surface area (Å²) in [4.78, 5) is 27.8. The Kier molecular flexibility index (Phi) is 7.25. The third-order valence-electron chi connectivity index (χ3n) is 5.86. The van der Waals surface area contributed by atoms with Crippen molar-refractivity contribution in [2.75, 3.05) is 18.4 Å². The molecule has 2 atom stereocenters. The lowest BCUT2D eigenvalue weighted by Gasteiger charge is -2.24. The van der Waals surface area contributed by atoms with Gasteiger partial charge in [0, 0.05) is 30.8 Å². The molecule has 36 heavy (non-hydrogen) atoms. The van der Waals surface area contributed by atoms with Crippen LogP contribution in [0.5, 0.6) is 11.5 Å². The third-order valence-corrected chi connectivity index (χ3v) is 5.86. The van der Waals surface area contributed by atoms with E-state index in [9.17, 15) is 9.59 Å². The fourth-order valence-corrected chi connectivity index (χ4v) is 4.19. The lowest BCUT2D eigenvalue weighted by Crippen LogP contribution is -2.36. The number of anilines is 1. The van der Waals surface area contributed by atoms with Gasteiger partial charge in [0.25, 0.3) is 0 Å². The number of nitrogens with one attached hydrogen (secondary N) is 1. The molecule has 1 N–H and O–H groups in total. The van der Waals surface area contributed by atoms with E-state index in [1.54, 1.807) is 53.4 Å². The van der Waals surface area contributed by atoms with Gasteiger partial charge in [0.15, 0.2) is 0 Å². The monoisotopic (exact) mass is 483 g/mol. The number of amides is 2. The molecular weight excluding hydrogens is 454 g/mol. The molecule has 1 saturated heterocycles. The van der Waals surface area contributed by atoms with Crippen LogP contribution in [0.3, 0.4) is 0 Å². The molecule has 4 rings (SSSR count). The summed E-state index contributed by atoms with van der Waals surface area (Å²) in [5.41, 5.74) is 1.53. The summed E-state index contributed by atoms with van der Waals surface area (Å²) in [6.07, 6.45) is -0.420. The maximum absolute atomic E-state index is 13.4. The van der Waals surface area contributed by atoms with Gasteiger partial charge in [0.05, 0.1) is 17.6 Å². The van der Waals surface area contributed by atoms with Gasteiger partial charge < -0.3 is 19.7 Å². The normalized spacial score (nSPS) is 17.2. The zero-order chi connectivity index (χ0) is 25.7. The predicted molar refractivity (Wildman–Crippen MR) is 137 cm³/mol. The SMILES string of the molecule is CC(C)(C)OC(=O)N1C[C@H](C(=O)Nc2cccc(Oc3ccc(C#N)cc3)c2)[C@@H](c2ccccc2)C1. The number of hydrogen-bond acceptors (Lipinski definition) is 5. The second kappa shape index (κ2) is 10.5. The molecule has 7 heteroatoms. The number of hydrogen-bond donors (Lipinski definition) is 1. The minimum atomic E-state index is -0.616. The third kappa shape index (κ3) is 6.22. The van der Waals surface area contributed by atoms with Crippen molar-refractivity contribution in [1.82, 2.24) is 4.90 Å². The van der Waals surface area contributed by atoms with Crippen LogP contribution in [0.4, 0.5) is 10.5 Å². The highest BCUT2D eigenvalue weighted by Gasteiger charge is 2.41. The van der Waals surface area contributed by atoms with Gasteiger partial charge in [0.1, 0.15) is 17.1 Å². The van der Waals surface area contributed by atoms with E-state index in [4.69, 9.17) is 14.7 Å². The first-order chi connectivity index (χ1) is 17.2. The average Bonchev–Trinajstić information content (AvgIpc) is 3.30. The summed E-state index contributed by atoms with van der Waals surface area (Å²) >= 11 is 0. The van der Waals surface area contributed by atoms with Gasteiger partial charge >= 0.3 is 6.09 Å². The molecule has 0 aliphatic carbocycles. The average molecular weight is 484 g/mol. The van der Waals surface area contributed by atoms with E-state index in [-0.39, 0.29) is 18.4 Å². The van der Waals surface area contributed by atoms with Crippen molar-refractivity contribution in [2.45, 2.75) is 32.3 Å². The van der Waals surface area contributed by atoms with Gasteiger partial charge in [-0.2, -0.15) is 5.26 Å². The maximum Gasteiger partial charge on any atom is 0.410 e. The topological polar surface area (TPSA) is 91.7 Å². The summed E-state index contributed by atoms with van der Waals surface area (Å²) < 4.78 is 11.4. The van der Waals surface area contributed by atoms with Crippen LogP contribution in [0.15, 0.2) is 78.9 Å². The molecule has 2 amide bonds. The minimum Gasteiger partial charge on any atom is -0.457 e. The second-order valence-electron chi connectivity index (χ2n) is 9.76. The van der Waals surface area contributed by atoms with E-state index in [0.29, 0.717) is 29.3 Å². The minimum absolute atomic E-state index is 0.156. The summed E-state index contributed by atoms with van der Waals surface area (Å²) in [6.45, 7) is 6.15. The summed E-state index contributed by atoms with van der Waals surface area (Å²) in [5.74, 6) is 0.370. The van der Waals surface area contributed by atoms with Crippen LogP contribution in [0, 0.1) is 17.2 Å². The van der Waals surface area contributed by atoms with E-state index >= 15 is 0 Å². The highest BCUT2D eigenvalue weighted by atomic mass is 16.6. The summed E-state index contributed by atoms with van der Waals surface area (Å²) in [6, 6.07) is 25.8. The number of carbonyl (C=O) groups excluding carboxylic acids is 2. The molecule has 7 nitrogen and oxygen atoms in total. The van der Waals surface area contributed by atoms with Crippen molar-refractivity contribution in [3.63, 3.8) is 0 Å².